The van der Waals surface area contributed by atoms with Gasteiger partial charge in [0.05, 0.1) is 33.8 Å². The molecule has 6 rings (SSSR count). The number of benzene rings is 3. The van der Waals surface area contributed by atoms with Crippen molar-refractivity contribution in [2.24, 2.45) is 23.7 Å². The summed E-state index contributed by atoms with van der Waals surface area (Å²) in [5.74, 6) is -1.55. The SMILES string of the molecule is O=C(COC(=O)c1ccc(N2C(=O)[C@@H]3[C@@H]4C[C@@H]([C@H]3C2=O)[C@@H](c2ccccc2)C4)cc1)Nc1cc(Cl)ccc1Cl. The van der Waals surface area contributed by atoms with Crippen LogP contribution in [-0.4, -0.2) is 30.3 Å². The van der Waals surface area contributed by atoms with Crippen LogP contribution in [0.2, 0.25) is 10.0 Å². The molecule has 2 bridgehead atoms. The number of nitrogens with zero attached hydrogens (tertiary/aromatic N) is 1. The van der Waals surface area contributed by atoms with E-state index >= 15 is 0 Å². The van der Waals surface area contributed by atoms with E-state index in [2.05, 4.69) is 17.4 Å². The molecule has 0 unspecified atom stereocenters. The second-order valence-electron chi connectivity index (χ2n) is 10.3. The fourth-order valence-electron chi connectivity index (χ4n) is 6.54. The van der Waals surface area contributed by atoms with E-state index in [1.165, 1.54) is 28.7 Å². The zero-order valence-electron chi connectivity index (χ0n) is 20.7. The van der Waals surface area contributed by atoms with Crippen LogP contribution < -0.4 is 10.2 Å². The molecule has 1 saturated heterocycles. The minimum absolute atomic E-state index is 0.157. The first-order valence-electron chi connectivity index (χ1n) is 12.8. The highest BCUT2D eigenvalue weighted by atomic mass is 35.5. The molecule has 9 heteroatoms. The van der Waals surface area contributed by atoms with E-state index in [4.69, 9.17) is 27.9 Å². The smallest absolute Gasteiger partial charge is 0.338 e. The number of esters is 1. The Morgan fingerprint density at radius 1 is 0.897 bits per heavy atom. The highest BCUT2D eigenvalue weighted by Gasteiger charge is 2.64. The van der Waals surface area contributed by atoms with Crippen molar-refractivity contribution >= 4 is 58.3 Å². The summed E-state index contributed by atoms with van der Waals surface area (Å²) < 4.78 is 5.12. The molecule has 7 nitrogen and oxygen atoms in total. The second-order valence-corrected chi connectivity index (χ2v) is 11.1. The molecule has 0 aromatic heterocycles. The van der Waals surface area contributed by atoms with Gasteiger partial charge in [-0.3, -0.25) is 19.3 Å². The average molecular weight is 563 g/mol. The summed E-state index contributed by atoms with van der Waals surface area (Å²) >= 11 is 12.0. The Balaban J connectivity index is 1.10. The lowest BCUT2D eigenvalue weighted by atomic mass is 9.73. The van der Waals surface area contributed by atoms with E-state index in [0.717, 1.165) is 12.8 Å². The fourth-order valence-corrected chi connectivity index (χ4v) is 6.87. The summed E-state index contributed by atoms with van der Waals surface area (Å²) in [6.07, 6.45) is 1.83. The van der Waals surface area contributed by atoms with Crippen LogP contribution in [0.3, 0.4) is 0 Å². The first-order valence-corrected chi connectivity index (χ1v) is 13.5. The summed E-state index contributed by atoms with van der Waals surface area (Å²) in [5.41, 5.74) is 2.16. The number of imide groups is 1. The van der Waals surface area contributed by atoms with Crippen LogP contribution in [0.4, 0.5) is 11.4 Å². The Morgan fingerprint density at radius 2 is 1.62 bits per heavy atom. The molecule has 0 radical (unpaired) electrons. The summed E-state index contributed by atoms with van der Waals surface area (Å²) in [6.45, 7) is -0.527. The number of hydrogen-bond donors (Lipinski definition) is 1. The summed E-state index contributed by atoms with van der Waals surface area (Å²) in [4.78, 5) is 52.9. The topological polar surface area (TPSA) is 92.8 Å². The average Bonchev–Trinajstić information content (AvgIpc) is 3.61. The van der Waals surface area contributed by atoms with Crippen molar-refractivity contribution in [3.8, 4) is 0 Å². The van der Waals surface area contributed by atoms with Crippen molar-refractivity contribution in [1.82, 2.24) is 0 Å². The first-order chi connectivity index (χ1) is 18.8. The Kier molecular flexibility index (Phi) is 6.65. The first kappa shape index (κ1) is 25.6. The van der Waals surface area contributed by atoms with Gasteiger partial charge >= 0.3 is 5.97 Å². The van der Waals surface area contributed by atoms with Crippen molar-refractivity contribution in [2.75, 3.05) is 16.8 Å². The number of amides is 3. The monoisotopic (exact) mass is 562 g/mol. The third-order valence-corrected chi connectivity index (χ3v) is 8.71. The Morgan fingerprint density at radius 3 is 2.36 bits per heavy atom. The lowest BCUT2D eigenvalue weighted by molar-refractivity contribution is -0.123. The maximum atomic E-state index is 13.5. The molecule has 3 aromatic carbocycles. The molecule has 2 saturated carbocycles. The number of carbonyl (C=O) groups excluding carboxylic acids is 4. The van der Waals surface area contributed by atoms with Crippen LogP contribution in [0.1, 0.15) is 34.7 Å². The molecule has 3 fully saturated rings. The van der Waals surface area contributed by atoms with Crippen molar-refractivity contribution in [2.45, 2.75) is 18.8 Å². The Hall–Kier alpha value is -3.68. The molecule has 1 aliphatic heterocycles. The van der Waals surface area contributed by atoms with Gasteiger partial charge in [-0.15, -0.1) is 0 Å². The highest BCUT2D eigenvalue weighted by molar-refractivity contribution is 6.35. The summed E-state index contributed by atoms with van der Waals surface area (Å²) in [6, 6.07) is 20.9. The zero-order valence-corrected chi connectivity index (χ0v) is 22.2. The number of halogens is 2. The Labute approximate surface area is 235 Å². The van der Waals surface area contributed by atoms with Gasteiger partial charge in [0.25, 0.3) is 5.91 Å². The molecule has 3 aromatic rings. The Bertz CT molecular complexity index is 1480. The van der Waals surface area contributed by atoms with Gasteiger partial charge in [0.1, 0.15) is 0 Å². The van der Waals surface area contributed by atoms with Crippen LogP contribution in [0.15, 0.2) is 72.8 Å². The molecule has 3 amide bonds. The van der Waals surface area contributed by atoms with Gasteiger partial charge in [0.15, 0.2) is 6.61 Å². The van der Waals surface area contributed by atoms with Crippen molar-refractivity contribution in [3.63, 3.8) is 0 Å². The minimum Gasteiger partial charge on any atom is -0.452 e. The molecular weight excluding hydrogens is 539 g/mol. The molecule has 198 valence electrons. The number of rotatable bonds is 6. The third kappa shape index (κ3) is 4.60. The molecule has 1 N–H and O–H groups in total. The number of anilines is 2. The molecule has 5 atom stereocenters. The van der Waals surface area contributed by atoms with Gasteiger partial charge in [-0.25, -0.2) is 4.79 Å². The van der Waals surface area contributed by atoms with Gasteiger partial charge in [0.2, 0.25) is 11.8 Å². The third-order valence-electron chi connectivity index (χ3n) is 8.14. The normalized spacial score (nSPS) is 25.1. The number of nitrogens with one attached hydrogen (secondary N) is 1. The van der Waals surface area contributed by atoms with Gasteiger partial charge in [-0.2, -0.15) is 0 Å². The predicted molar refractivity (Wildman–Crippen MR) is 147 cm³/mol. The maximum Gasteiger partial charge on any atom is 0.338 e. The van der Waals surface area contributed by atoms with E-state index < -0.39 is 18.5 Å². The van der Waals surface area contributed by atoms with Gasteiger partial charge in [-0.1, -0.05) is 53.5 Å². The van der Waals surface area contributed by atoms with Gasteiger partial charge in [0, 0.05) is 5.02 Å². The maximum absolute atomic E-state index is 13.5. The van der Waals surface area contributed by atoms with E-state index in [9.17, 15) is 19.2 Å². The number of hydrogen-bond acceptors (Lipinski definition) is 5. The number of carbonyl (C=O) groups is 4. The second kappa shape index (κ2) is 10.1. The standard InChI is InChI=1S/C30H24Cl2N2O5/c31-19-8-11-23(32)24(14-19)33-25(35)15-39-30(38)17-6-9-20(10-7-17)34-28(36)26-18-12-21(16-4-2-1-3-5-16)22(13-18)27(26)29(34)37/h1-11,14,18,21-22,26-27H,12-13,15H2,(H,33,35)/t18-,21+,22+,26+,27+/m0/s1. The molecular formula is C30H24Cl2N2O5. The van der Waals surface area contributed by atoms with E-state index in [-0.39, 0.29) is 41.0 Å². The van der Waals surface area contributed by atoms with Crippen molar-refractivity contribution < 1.29 is 23.9 Å². The van der Waals surface area contributed by atoms with Gasteiger partial charge in [-0.05, 0) is 78.6 Å². The van der Waals surface area contributed by atoms with Crippen LogP contribution in [-0.2, 0) is 19.1 Å². The number of ether oxygens (including phenoxy) is 1. The molecule has 0 spiro atoms. The minimum atomic E-state index is -0.714. The molecule has 39 heavy (non-hydrogen) atoms. The highest BCUT2D eigenvalue weighted by Crippen LogP contribution is 2.61. The van der Waals surface area contributed by atoms with Crippen LogP contribution >= 0.6 is 23.2 Å². The molecule has 1 heterocycles. The lowest BCUT2D eigenvalue weighted by Gasteiger charge is -2.28. The molecule has 2 aliphatic carbocycles. The predicted octanol–water partition coefficient (Wildman–Crippen LogP) is 5.72. The van der Waals surface area contributed by atoms with E-state index in [1.807, 2.05) is 18.2 Å². The van der Waals surface area contributed by atoms with Crippen LogP contribution in [0.25, 0.3) is 0 Å². The van der Waals surface area contributed by atoms with E-state index in [1.54, 1.807) is 24.3 Å². The largest absolute Gasteiger partial charge is 0.452 e. The quantitative estimate of drug-likeness (QED) is 0.306. The fraction of sp³-hybridized carbons (Fsp3) is 0.267. The van der Waals surface area contributed by atoms with E-state index in [0.29, 0.717) is 27.3 Å². The van der Waals surface area contributed by atoms with Crippen molar-refractivity contribution in [3.05, 3.63) is 94.0 Å². The zero-order chi connectivity index (χ0) is 27.3. The van der Waals surface area contributed by atoms with Crippen LogP contribution in [0.5, 0.6) is 0 Å². The summed E-state index contributed by atoms with van der Waals surface area (Å²) in [7, 11) is 0. The van der Waals surface area contributed by atoms with Gasteiger partial charge < -0.3 is 10.1 Å². The molecule has 3 aliphatic rings. The van der Waals surface area contributed by atoms with Crippen molar-refractivity contribution in [1.29, 1.82) is 0 Å². The van der Waals surface area contributed by atoms with Crippen LogP contribution in [0, 0.1) is 23.7 Å². The lowest BCUT2D eigenvalue weighted by Crippen LogP contribution is -2.33. The number of fused-ring (bicyclic) bond motifs is 5. The summed E-state index contributed by atoms with van der Waals surface area (Å²) in [5, 5.41) is 3.24.